The molecule has 3 N–H and O–H groups in total. The van der Waals surface area contributed by atoms with E-state index >= 15 is 0 Å². The lowest BCUT2D eigenvalue weighted by Gasteiger charge is -2.22. The molecule has 0 bridgehead atoms. The van der Waals surface area contributed by atoms with Gasteiger partial charge in [-0.15, -0.1) is 0 Å². The van der Waals surface area contributed by atoms with E-state index in [1.54, 1.807) is 0 Å². The minimum atomic E-state index is 0.240. The van der Waals surface area contributed by atoms with E-state index in [2.05, 4.69) is 11.8 Å². The SMILES string of the molecule is CCN(CCC(N)=S)CC(C)CO. The second-order valence-corrected chi connectivity index (χ2v) is 3.92. The number of hydrogen-bond donors (Lipinski definition) is 2. The van der Waals surface area contributed by atoms with Crippen molar-refractivity contribution < 1.29 is 5.11 Å². The largest absolute Gasteiger partial charge is 0.396 e. The maximum absolute atomic E-state index is 8.88. The fourth-order valence-corrected chi connectivity index (χ4v) is 1.24. The molecule has 0 rings (SSSR count). The molecule has 0 aliphatic heterocycles. The van der Waals surface area contributed by atoms with Gasteiger partial charge in [0.2, 0.25) is 0 Å². The fourth-order valence-electron chi connectivity index (χ4n) is 1.15. The minimum Gasteiger partial charge on any atom is -0.396 e. The topological polar surface area (TPSA) is 49.5 Å². The van der Waals surface area contributed by atoms with Crippen LogP contribution in [0.2, 0.25) is 0 Å². The smallest absolute Gasteiger partial charge is 0.0740 e. The lowest BCUT2D eigenvalue weighted by Crippen LogP contribution is -2.32. The second-order valence-electron chi connectivity index (χ2n) is 3.40. The zero-order valence-corrected chi connectivity index (χ0v) is 9.31. The number of hydrogen-bond acceptors (Lipinski definition) is 3. The molecule has 0 saturated carbocycles. The lowest BCUT2D eigenvalue weighted by atomic mass is 10.2. The van der Waals surface area contributed by atoms with Crippen molar-refractivity contribution in [2.75, 3.05) is 26.2 Å². The van der Waals surface area contributed by atoms with Crippen molar-refractivity contribution in [2.24, 2.45) is 11.7 Å². The molecule has 0 radical (unpaired) electrons. The summed E-state index contributed by atoms with van der Waals surface area (Å²) in [5.41, 5.74) is 5.41. The first-order chi connectivity index (χ1) is 6.10. The Labute approximate surface area is 85.9 Å². The van der Waals surface area contributed by atoms with Gasteiger partial charge in [0.05, 0.1) is 4.99 Å². The quantitative estimate of drug-likeness (QED) is 0.597. The Bertz CT molecular complexity index is 153. The highest BCUT2D eigenvalue weighted by atomic mass is 32.1. The predicted octanol–water partition coefficient (Wildman–Crippen LogP) is 0.613. The summed E-state index contributed by atoms with van der Waals surface area (Å²) >= 11 is 4.81. The number of nitrogens with two attached hydrogens (primary N) is 1. The van der Waals surface area contributed by atoms with Crippen LogP contribution in [0.15, 0.2) is 0 Å². The van der Waals surface area contributed by atoms with Crippen LogP contribution < -0.4 is 5.73 Å². The summed E-state index contributed by atoms with van der Waals surface area (Å²) < 4.78 is 0. The summed E-state index contributed by atoms with van der Waals surface area (Å²) in [6.45, 7) is 7.16. The van der Waals surface area contributed by atoms with Gasteiger partial charge in [0.25, 0.3) is 0 Å². The molecule has 0 heterocycles. The highest BCUT2D eigenvalue weighted by molar-refractivity contribution is 7.80. The monoisotopic (exact) mass is 204 g/mol. The normalized spacial score (nSPS) is 13.2. The van der Waals surface area contributed by atoms with Gasteiger partial charge in [-0.05, 0) is 12.5 Å². The van der Waals surface area contributed by atoms with Crippen molar-refractivity contribution in [1.29, 1.82) is 0 Å². The molecule has 0 aliphatic carbocycles. The molecular weight excluding hydrogens is 184 g/mol. The Kier molecular flexibility index (Phi) is 7.13. The Balaban J connectivity index is 3.68. The second kappa shape index (κ2) is 7.24. The third kappa shape index (κ3) is 6.93. The van der Waals surface area contributed by atoms with Crippen molar-refractivity contribution in [3.8, 4) is 0 Å². The highest BCUT2D eigenvalue weighted by Crippen LogP contribution is 1.99. The molecule has 0 aromatic carbocycles. The zero-order chi connectivity index (χ0) is 10.3. The van der Waals surface area contributed by atoms with Crippen LogP contribution in [0.5, 0.6) is 0 Å². The molecule has 0 fully saturated rings. The van der Waals surface area contributed by atoms with Crippen molar-refractivity contribution in [2.45, 2.75) is 20.3 Å². The molecule has 0 aromatic rings. The number of aliphatic hydroxyl groups is 1. The average Bonchev–Trinajstić information content (AvgIpc) is 2.11. The molecule has 4 heteroatoms. The van der Waals surface area contributed by atoms with Crippen molar-refractivity contribution in [3.05, 3.63) is 0 Å². The van der Waals surface area contributed by atoms with Crippen LogP contribution in [0.25, 0.3) is 0 Å². The van der Waals surface area contributed by atoms with Crippen LogP contribution in [-0.2, 0) is 0 Å². The first-order valence-corrected chi connectivity index (χ1v) is 5.12. The molecule has 0 spiro atoms. The van der Waals surface area contributed by atoms with Crippen molar-refractivity contribution in [3.63, 3.8) is 0 Å². The van der Waals surface area contributed by atoms with Crippen LogP contribution >= 0.6 is 12.2 Å². The Morgan fingerprint density at radius 3 is 2.62 bits per heavy atom. The molecule has 78 valence electrons. The molecule has 0 amide bonds. The van der Waals surface area contributed by atoms with E-state index in [0.29, 0.717) is 10.9 Å². The van der Waals surface area contributed by atoms with Gasteiger partial charge in [-0.1, -0.05) is 26.1 Å². The summed E-state index contributed by atoms with van der Waals surface area (Å²) in [5, 5.41) is 8.88. The maximum atomic E-state index is 8.88. The van der Waals surface area contributed by atoms with Gasteiger partial charge < -0.3 is 15.7 Å². The highest BCUT2D eigenvalue weighted by Gasteiger charge is 2.07. The van der Waals surface area contributed by atoms with Crippen LogP contribution in [0, 0.1) is 5.92 Å². The van der Waals surface area contributed by atoms with E-state index in [4.69, 9.17) is 23.1 Å². The molecule has 0 aliphatic rings. The van der Waals surface area contributed by atoms with E-state index in [-0.39, 0.29) is 6.61 Å². The van der Waals surface area contributed by atoms with Gasteiger partial charge >= 0.3 is 0 Å². The molecule has 0 aromatic heterocycles. The summed E-state index contributed by atoms with van der Waals surface area (Å²) in [5.74, 6) is 0.325. The Morgan fingerprint density at radius 1 is 1.62 bits per heavy atom. The Hall–Kier alpha value is -0.190. The number of rotatable bonds is 7. The van der Waals surface area contributed by atoms with E-state index in [9.17, 15) is 0 Å². The molecule has 0 saturated heterocycles. The average molecular weight is 204 g/mol. The number of nitrogens with zero attached hydrogens (tertiary/aromatic N) is 1. The van der Waals surface area contributed by atoms with E-state index in [1.807, 2.05) is 6.92 Å². The standard InChI is InChI=1S/C9H20N2OS/c1-3-11(5-4-9(10)13)6-8(2)7-12/h8,12H,3-7H2,1-2H3,(H2,10,13). The third-order valence-electron chi connectivity index (χ3n) is 2.00. The van der Waals surface area contributed by atoms with Gasteiger partial charge in [-0.2, -0.15) is 0 Å². The van der Waals surface area contributed by atoms with Gasteiger partial charge in [0, 0.05) is 26.1 Å². The van der Waals surface area contributed by atoms with Crippen molar-refractivity contribution in [1.82, 2.24) is 4.90 Å². The molecular formula is C9H20N2OS. The summed E-state index contributed by atoms with van der Waals surface area (Å²) in [6.07, 6.45) is 0.765. The number of aliphatic hydroxyl groups excluding tert-OH is 1. The molecule has 1 unspecified atom stereocenters. The first kappa shape index (κ1) is 12.8. The van der Waals surface area contributed by atoms with Crippen LogP contribution in [-0.4, -0.2) is 41.2 Å². The summed E-state index contributed by atoms with van der Waals surface area (Å²) in [6, 6.07) is 0. The van der Waals surface area contributed by atoms with Crippen molar-refractivity contribution >= 4 is 17.2 Å². The van der Waals surface area contributed by atoms with Crippen LogP contribution in [0.3, 0.4) is 0 Å². The van der Waals surface area contributed by atoms with E-state index in [0.717, 1.165) is 26.1 Å². The predicted molar refractivity (Wildman–Crippen MR) is 59.8 cm³/mol. The lowest BCUT2D eigenvalue weighted by molar-refractivity contribution is 0.179. The summed E-state index contributed by atoms with van der Waals surface area (Å²) in [7, 11) is 0. The Morgan fingerprint density at radius 2 is 2.23 bits per heavy atom. The molecule has 13 heavy (non-hydrogen) atoms. The van der Waals surface area contributed by atoms with E-state index in [1.165, 1.54) is 0 Å². The zero-order valence-electron chi connectivity index (χ0n) is 8.49. The van der Waals surface area contributed by atoms with E-state index < -0.39 is 0 Å². The van der Waals surface area contributed by atoms with Gasteiger partial charge in [-0.3, -0.25) is 0 Å². The van der Waals surface area contributed by atoms with Gasteiger partial charge in [-0.25, -0.2) is 0 Å². The third-order valence-corrected chi connectivity index (χ3v) is 2.21. The number of thiocarbonyl (C=S) groups is 1. The minimum absolute atomic E-state index is 0.240. The van der Waals surface area contributed by atoms with Gasteiger partial charge in [0.15, 0.2) is 0 Å². The molecule has 1 atom stereocenters. The van der Waals surface area contributed by atoms with Crippen LogP contribution in [0.1, 0.15) is 20.3 Å². The van der Waals surface area contributed by atoms with Crippen LogP contribution in [0.4, 0.5) is 0 Å². The summed E-state index contributed by atoms with van der Waals surface area (Å²) in [4.78, 5) is 2.81. The fraction of sp³-hybridized carbons (Fsp3) is 0.889. The van der Waals surface area contributed by atoms with Gasteiger partial charge in [0.1, 0.15) is 0 Å². The maximum Gasteiger partial charge on any atom is 0.0740 e. The molecule has 3 nitrogen and oxygen atoms in total. The first-order valence-electron chi connectivity index (χ1n) is 4.71.